The molecule has 8 heteroatoms. The Hall–Kier alpha value is -4.20. The number of rotatable bonds is 4. The summed E-state index contributed by atoms with van der Waals surface area (Å²) in [6, 6.07) is 11.6. The van der Waals surface area contributed by atoms with Crippen LogP contribution >= 0.6 is 0 Å². The van der Waals surface area contributed by atoms with Crippen molar-refractivity contribution in [3.8, 4) is 16.9 Å². The van der Waals surface area contributed by atoms with Crippen molar-refractivity contribution in [1.82, 2.24) is 23.5 Å². The summed E-state index contributed by atoms with van der Waals surface area (Å²) in [4.78, 5) is 34.3. The number of carbonyl (C=O) groups is 1. The van der Waals surface area contributed by atoms with Gasteiger partial charge >= 0.3 is 11.7 Å². The van der Waals surface area contributed by atoms with Crippen molar-refractivity contribution in [2.75, 3.05) is 7.11 Å². The molecule has 0 saturated carbocycles. The fraction of sp³-hybridized carbons (Fsp3) is 0.167. The van der Waals surface area contributed by atoms with E-state index < -0.39 is 5.97 Å². The number of ether oxygens (including phenoxy) is 1. The fourth-order valence-electron chi connectivity index (χ4n) is 4.14. The molecule has 4 aromatic heterocycles. The quantitative estimate of drug-likeness (QED) is 0.411. The maximum Gasteiger partial charge on any atom is 0.334 e. The zero-order chi connectivity index (χ0) is 22.4. The van der Waals surface area contributed by atoms with Crippen molar-refractivity contribution >= 4 is 22.5 Å². The monoisotopic (exact) mass is 427 g/mol. The molecule has 5 aromatic rings. The largest absolute Gasteiger partial charge is 0.468 e. The molecule has 5 rings (SSSR count). The van der Waals surface area contributed by atoms with Crippen LogP contribution in [0.2, 0.25) is 0 Å². The number of methoxy groups -OCH3 is 1. The van der Waals surface area contributed by atoms with Crippen LogP contribution in [0.25, 0.3) is 33.5 Å². The summed E-state index contributed by atoms with van der Waals surface area (Å²) in [6.07, 6.45) is 7.19. The molecule has 0 aliphatic heterocycles. The van der Waals surface area contributed by atoms with Crippen molar-refractivity contribution in [2.45, 2.75) is 20.4 Å². The molecule has 32 heavy (non-hydrogen) atoms. The van der Waals surface area contributed by atoms with E-state index in [1.165, 1.54) is 11.7 Å². The second-order valence-electron chi connectivity index (χ2n) is 7.69. The highest BCUT2D eigenvalue weighted by molar-refractivity contribution is 5.84. The number of aromatic nitrogens is 5. The summed E-state index contributed by atoms with van der Waals surface area (Å²) >= 11 is 0. The first-order valence-electron chi connectivity index (χ1n) is 10.2. The van der Waals surface area contributed by atoms with Gasteiger partial charge in [-0.2, -0.15) is 0 Å². The molecule has 0 fully saturated rings. The van der Waals surface area contributed by atoms with Gasteiger partial charge in [0.2, 0.25) is 0 Å². The summed E-state index contributed by atoms with van der Waals surface area (Å²) < 4.78 is 9.80. The summed E-state index contributed by atoms with van der Waals surface area (Å²) in [6.45, 7) is 3.74. The molecule has 0 saturated heterocycles. The van der Waals surface area contributed by atoms with Gasteiger partial charge in [-0.15, -0.1) is 0 Å². The minimum atomic E-state index is -0.480. The molecular weight excluding hydrogens is 406 g/mol. The molecule has 0 N–H and O–H groups in total. The normalized spacial score (nSPS) is 11.3. The highest BCUT2D eigenvalue weighted by Crippen LogP contribution is 2.27. The van der Waals surface area contributed by atoms with Crippen molar-refractivity contribution in [1.29, 1.82) is 0 Å². The summed E-state index contributed by atoms with van der Waals surface area (Å²) in [7, 11) is 1.31. The number of carbonyl (C=O) groups excluding carboxylic acids is 1. The second kappa shape index (κ2) is 7.49. The Bertz CT molecular complexity index is 1560. The number of esters is 1. The van der Waals surface area contributed by atoms with Gasteiger partial charge in [0.1, 0.15) is 6.54 Å². The predicted octanol–water partition coefficient (Wildman–Crippen LogP) is 3.29. The lowest BCUT2D eigenvalue weighted by Gasteiger charge is -2.11. The van der Waals surface area contributed by atoms with Gasteiger partial charge in [0, 0.05) is 11.8 Å². The Labute approximate surface area is 183 Å². The van der Waals surface area contributed by atoms with E-state index >= 15 is 0 Å². The van der Waals surface area contributed by atoms with E-state index in [4.69, 9.17) is 4.74 Å². The SMILES string of the molecule is COC(=O)Cn1c(=O)n(-c2cnc(-c3cccn4cncc34)cc2C)c2c(C)cccc21. The van der Waals surface area contributed by atoms with Gasteiger partial charge in [0.25, 0.3) is 0 Å². The first-order chi connectivity index (χ1) is 15.5. The molecule has 8 nitrogen and oxygen atoms in total. The van der Waals surface area contributed by atoms with Gasteiger partial charge in [-0.1, -0.05) is 12.1 Å². The van der Waals surface area contributed by atoms with Gasteiger partial charge in [0.15, 0.2) is 0 Å². The van der Waals surface area contributed by atoms with Crippen LogP contribution in [0, 0.1) is 13.8 Å². The topological polar surface area (TPSA) is 83.4 Å². The highest BCUT2D eigenvalue weighted by atomic mass is 16.5. The molecule has 0 radical (unpaired) electrons. The van der Waals surface area contributed by atoms with Gasteiger partial charge in [-0.05, 0) is 49.2 Å². The minimum Gasteiger partial charge on any atom is -0.468 e. The van der Waals surface area contributed by atoms with Gasteiger partial charge < -0.3 is 9.14 Å². The molecule has 0 aliphatic rings. The van der Waals surface area contributed by atoms with Crippen LogP contribution in [0.15, 0.2) is 66.1 Å². The number of aryl methyl sites for hydroxylation is 2. The number of hydrogen-bond donors (Lipinski definition) is 0. The Morgan fingerprint density at radius 3 is 2.69 bits per heavy atom. The third kappa shape index (κ3) is 2.99. The fourth-order valence-corrected chi connectivity index (χ4v) is 4.14. The molecule has 1 aromatic carbocycles. The molecule has 160 valence electrons. The van der Waals surface area contributed by atoms with Crippen molar-refractivity contribution in [2.24, 2.45) is 0 Å². The Morgan fingerprint density at radius 1 is 1.06 bits per heavy atom. The number of pyridine rings is 2. The van der Waals surface area contributed by atoms with Crippen LogP contribution < -0.4 is 5.69 Å². The smallest absolute Gasteiger partial charge is 0.334 e. The Balaban J connectivity index is 1.71. The molecule has 0 bridgehead atoms. The summed E-state index contributed by atoms with van der Waals surface area (Å²) in [5.74, 6) is -0.480. The van der Waals surface area contributed by atoms with E-state index in [-0.39, 0.29) is 12.2 Å². The minimum absolute atomic E-state index is 0.157. The lowest BCUT2D eigenvalue weighted by atomic mass is 10.1. The zero-order valence-corrected chi connectivity index (χ0v) is 17.9. The van der Waals surface area contributed by atoms with Crippen molar-refractivity contribution in [3.63, 3.8) is 0 Å². The van der Waals surface area contributed by atoms with Gasteiger partial charge in [-0.3, -0.25) is 18.9 Å². The number of benzene rings is 1. The average Bonchev–Trinajstić information content (AvgIpc) is 3.38. The Morgan fingerprint density at radius 2 is 1.91 bits per heavy atom. The molecule has 0 unspecified atom stereocenters. The van der Waals surface area contributed by atoms with Crippen LogP contribution in [0.4, 0.5) is 0 Å². The van der Waals surface area contributed by atoms with Crippen LogP contribution in [-0.2, 0) is 16.1 Å². The van der Waals surface area contributed by atoms with Crippen LogP contribution in [0.3, 0.4) is 0 Å². The molecule has 4 heterocycles. The number of nitrogens with zero attached hydrogens (tertiary/aromatic N) is 5. The van der Waals surface area contributed by atoms with Gasteiger partial charge in [0.05, 0.1) is 53.8 Å². The molecule has 0 spiro atoms. The lowest BCUT2D eigenvalue weighted by Crippen LogP contribution is -2.27. The number of imidazole rings is 2. The maximum absolute atomic E-state index is 13.4. The first-order valence-corrected chi connectivity index (χ1v) is 10.2. The van der Waals surface area contributed by atoms with E-state index in [9.17, 15) is 9.59 Å². The van der Waals surface area contributed by atoms with Crippen LogP contribution in [-0.4, -0.2) is 36.6 Å². The predicted molar refractivity (Wildman–Crippen MR) is 121 cm³/mol. The van der Waals surface area contributed by atoms with Crippen LogP contribution in [0.5, 0.6) is 0 Å². The van der Waals surface area contributed by atoms with E-state index in [0.717, 1.165) is 33.4 Å². The van der Waals surface area contributed by atoms with Crippen molar-refractivity contribution < 1.29 is 9.53 Å². The van der Waals surface area contributed by atoms with Crippen molar-refractivity contribution in [3.05, 3.63) is 82.9 Å². The summed E-state index contributed by atoms with van der Waals surface area (Å²) in [5.41, 5.74) is 6.29. The number of fused-ring (bicyclic) bond motifs is 2. The molecule has 0 aliphatic carbocycles. The lowest BCUT2D eigenvalue weighted by molar-refractivity contribution is -0.141. The average molecular weight is 427 g/mol. The molecule has 0 atom stereocenters. The van der Waals surface area contributed by atoms with E-state index in [2.05, 4.69) is 9.97 Å². The summed E-state index contributed by atoms with van der Waals surface area (Å²) in [5, 5.41) is 0. The zero-order valence-electron chi connectivity index (χ0n) is 17.9. The van der Waals surface area contributed by atoms with E-state index in [0.29, 0.717) is 11.2 Å². The van der Waals surface area contributed by atoms with Gasteiger partial charge in [-0.25, -0.2) is 9.78 Å². The first kappa shape index (κ1) is 19.7. The highest BCUT2D eigenvalue weighted by Gasteiger charge is 2.20. The number of hydrogen-bond acceptors (Lipinski definition) is 5. The van der Waals surface area contributed by atoms with Crippen LogP contribution in [0.1, 0.15) is 11.1 Å². The Kier molecular flexibility index (Phi) is 4.62. The third-order valence-electron chi connectivity index (χ3n) is 5.72. The molecular formula is C24H21N5O3. The second-order valence-corrected chi connectivity index (χ2v) is 7.69. The van der Waals surface area contributed by atoms with E-state index in [1.807, 2.05) is 60.8 Å². The van der Waals surface area contributed by atoms with E-state index in [1.54, 1.807) is 23.3 Å². The maximum atomic E-state index is 13.4. The standard InChI is InChI=1S/C24H21N5O3/c1-15-6-4-8-19-23(15)29(24(31)28(19)13-22(30)32-3)20-12-26-18(10-16(20)2)17-7-5-9-27-14-25-11-21(17)27/h4-12,14H,13H2,1-3H3. The molecule has 0 amide bonds. The number of para-hydroxylation sites is 1. The third-order valence-corrected chi connectivity index (χ3v) is 5.72.